The second-order valence-electron chi connectivity index (χ2n) is 6.72. The van der Waals surface area contributed by atoms with Gasteiger partial charge in [-0.05, 0) is 56.5 Å². The molecular weight excluding hydrogens is 326 g/mol. The molecule has 0 aliphatic carbocycles. The van der Waals surface area contributed by atoms with Gasteiger partial charge in [0.2, 0.25) is 0 Å². The third-order valence-corrected chi connectivity index (χ3v) is 4.79. The van der Waals surface area contributed by atoms with Gasteiger partial charge in [0.1, 0.15) is 0 Å². The summed E-state index contributed by atoms with van der Waals surface area (Å²) in [6.07, 6.45) is 2.09. The number of rotatable bonds is 8. The maximum atomic E-state index is 11.7. The molecule has 1 aliphatic heterocycles. The monoisotopic (exact) mass is 359 g/mol. The van der Waals surface area contributed by atoms with Crippen LogP contribution in [0.3, 0.4) is 0 Å². The molecule has 1 aromatic carbocycles. The molecule has 6 heteroatoms. The molecule has 1 amide bonds. The minimum atomic E-state index is -0.0487. The van der Waals surface area contributed by atoms with E-state index in [1.54, 1.807) is 7.05 Å². The minimum absolute atomic E-state index is 0.0487. The van der Waals surface area contributed by atoms with Crippen molar-refractivity contribution in [1.29, 1.82) is 0 Å². The van der Waals surface area contributed by atoms with Crippen LogP contribution in [-0.4, -0.2) is 63.1 Å². The summed E-state index contributed by atoms with van der Waals surface area (Å²) in [5.41, 5.74) is 1.84. The van der Waals surface area contributed by atoms with Crippen molar-refractivity contribution in [3.8, 4) is 0 Å². The Labute approximate surface area is 157 Å². The van der Waals surface area contributed by atoms with Crippen LogP contribution in [0.1, 0.15) is 36.2 Å². The molecule has 1 atom stereocenters. The summed E-state index contributed by atoms with van der Waals surface area (Å²) in [4.78, 5) is 19.0. The second kappa shape index (κ2) is 10.8. The topological polar surface area (TPSA) is 68.8 Å². The third kappa shape index (κ3) is 6.33. The highest BCUT2D eigenvalue weighted by Gasteiger charge is 2.20. The van der Waals surface area contributed by atoms with Crippen molar-refractivity contribution in [2.24, 2.45) is 10.9 Å². The lowest BCUT2D eigenvalue weighted by Crippen LogP contribution is -2.38. The summed E-state index contributed by atoms with van der Waals surface area (Å²) in [6, 6.07) is 7.76. The number of amides is 1. The van der Waals surface area contributed by atoms with Gasteiger partial charge in [0.25, 0.3) is 5.91 Å². The van der Waals surface area contributed by atoms with Crippen LogP contribution in [0.2, 0.25) is 0 Å². The van der Waals surface area contributed by atoms with Crippen LogP contribution < -0.4 is 16.0 Å². The molecule has 1 unspecified atom stereocenters. The SMILES string of the molecule is CCNC(=NCC1CCN(CC)C1)NCCc1cccc(C(=O)NC)c1. The van der Waals surface area contributed by atoms with E-state index < -0.39 is 0 Å². The van der Waals surface area contributed by atoms with Gasteiger partial charge in [-0.2, -0.15) is 0 Å². The maximum Gasteiger partial charge on any atom is 0.251 e. The molecule has 3 N–H and O–H groups in total. The number of likely N-dealkylation sites (tertiary alicyclic amines) is 1. The molecule has 0 saturated carbocycles. The summed E-state index contributed by atoms with van der Waals surface area (Å²) in [7, 11) is 1.65. The van der Waals surface area contributed by atoms with Crippen molar-refractivity contribution >= 4 is 11.9 Å². The Kier molecular flexibility index (Phi) is 8.41. The van der Waals surface area contributed by atoms with Gasteiger partial charge in [0.05, 0.1) is 0 Å². The van der Waals surface area contributed by atoms with Crippen LogP contribution in [0, 0.1) is 5.92 Å². The molecule has 26 heavy (non-hydrogen) atoms. The average Bonchev–Trinajstić information content (AvgIpc) is 3.14. The summed E-state index contributed by atoms with van der Waals surface area (Å²) in [5.74, 6) is 1.49. The van der Waals surface area contributed by atoms with Gasteiger partial charge in [-0.15, -0.1) is 0 Å². The number of hydrogen-bond acceptors (Lipinski definition) is 3. The molecule has 0 spiro atoms. The Hall–Kier alpha value is -2.08. The van der Waals surface area contributed by atoms with E-state index in [0.717, 1.165) is 50.7 Å². The highest BCUT2D eigenvalue weighted by molar-refractivity contribution is 5.94. The largest absolute Gasteiger partial charge is 0.357 e. The molecule has 1 aliphatic rings. The van der Waals surface area contributed by atoms with E-state index in [-0.39, 0.29) is 5.91 Å². The first kappa shape index (κ1) is 20.2. The van der Waals surface area contributed by atoms with Gasteiger partial charge in [0.15, 0.2) is 5.96 Å². The Bertz CT molecular complexity index is 602. The number of nitrogens with one attached hydrogen (secondary N) is 3. The zero-order valence-corrected chi connectivity index (χ0v) is 16.3. The van der Waals surface area contributed by atoms with Crippen LogP contribution in [-0.2, 0) is 6.42 Å². The number of aliphatic imine (C=N–C) groups is 1. The highest BCUT2D eigenvalue weighted by Crippen LogP contribution is 2.15. The fourth-order valence-corrected chi connectivity index (χ4v) is 3.25. The number of hydrogen-bond donors (Lipinski definition) is 3. The molecule has 2 rings (SSSR count). The van der Waals surface area contributed by atoms with E-state index in [1.807, 2.05) is 18.2 Å². The summed E-state index contributed by atoms with van der Waals surface area (Å²) in [6.45, 7) is 10.3. The average molecular weight is 360 g/mol. The molecule has 0 bridgehead atoms. The first-order valence-corrected chi connectivity index (χ1v) is 9.71. The molecule has 6 nitrogen and oxygen atoms in total. The fraction of sp³-hybridized carbons (Fsp3) is 0.600. The first-order chi connectivity index (χ1) is 12.7. The normalized spacial score (nSPS) is 18.0. The number of nitrogens with zero attached hydrogens (tertiary/aromatic N) is 2. The van der Waals surface area contributed by atoms with E-state index in [1.165, 1.54) is 13.0 Å². The minimum Gasteiger partial charge on any atom is -0.357 e. The van der Waals surface area contributed by atoms with E-state index in [9.17, 15) is 4.79 Å². The molecule has 0 aromatic heterocycles. The van der Waals surface area contributed by atoms with E-state index in [0.29, 0.717) is 11.5 Å². The van der Waals surface area contributed by atoms with Crippen molar-refractivity contribution in [3.63, 3.8) is 0 Å². The smallest absolute Gasteiger partial charge is 0.251 e. The Morgan fingerprint density at radius 2 is 2.15 bits per heavy atom. The molecule has 1 saturated heterocycles. The molecule has 1 aromatic rings. The lowest BCUT2D eigenvalue weighted by Gasteiger charge is -2.14. The van der Waals surface area contributed by atoms with E-state index >= 15 is 0 Å². The molecule has 0 radical (unpaired) electrons. The van der Waals surface area contributed by atoms with Crippen LogP contribution in [0.4, 0.5) is 0 Å². The van der Waals surface area contributed by atoms with Gasteiger partial charge in [-0.1, -0.05) is 19.1 Å². The summed E-state index contributed by atoms with van der Waals surface area (Å²) < 4.78 is 0. The van der Waals surface area contributed by atoms with Gasteiger partial charge in [-0.3, -0.25) is 9.79 Å². The van der Waals surface area contributed by atoms with Crippen LogP contribution in [0.25, 0.3) is 0 Å². The molecular formula is C20H33N5O. The lowest BCUT2D eigenvalue weighted by atomic mass is 10.1. The van der Waals surface area contributed by atoms with E-state index in [2.05, 4.69) is 40.8 Å². The summed E-state index contributed by atoms with van der Waals surface area (Å²) in [5, 5.41) is 9.39. The Morgan fingerprint density at radius 1 is 1.31 bits per heavy atom. The predicted molar refractivity (Wildman–Crippen MR) is 108 cm³/mol. The second-order valence-corrected chi connectivity index (χ2v) is 6.72. The zero-order chi connectivity index (χ0) is 18.8. The van der Waals surface area contributed by atoms with Crippen LogP contribution in [0.15, 0.2) is 29.3 Å². The number of benzene rings is 1. The Balaban J connectivity index is 1.82. The number of carbonyl (C=O) groups is 1. The van der Waals surface area contributed by atoms with Crippen molar-refractivity contribution in [2.75, 3.05) is 46.3 Å². The Morgan fingerprint density at radius 3 is 2.85 bits per heavy atom. The third-order valence-electron chi connectivity index (χ3n) is 4.79. The van der Waals surface area contributed by atoms with Crippen LogP contribution in [0.5, 0.6) is 0 Å². The maximum absolute atomic E-state index is 11.7. The molecule has 1 fully saturated rings. The fourth-order valence-electron chi connectivity index (χ4n) is 3.25. The van der Waals surface area contributed by atoms with Crippen molar-refractivity contribution in [1.82, 2.24) is 20.9 Å². The van der Waals surface area contributed by atoms with Crippen molar-refractivity contribution < 1.29 is 4.79 Å². The van der Waals surface area contributed by atoms with Crippen molar-refractivity contribution in [2.45, 2.75) is 26.7 Å². The predicted octanol–water partition coefficient (Wildman–Crippen LogP) is 1.49. The number of guanidine groups is 1. The quantitative estimate of drug-likeness (QED) is 0.486. The molecule has 1 heterocycles. The van der Waals surface area contributed by atoms with E-state index in [4.69, 9.17) is 4.99 Å². The van der Waals surface area contributed by atoms with Gasteiger partial charge < -0.3 is 20.9 Å². The number of carbonyl (C=O) groups excluding carboxylic acids is 1. The van der Waals surface area contributed by atoms with Crippen molar-refractivity contribution in [3.05, 3.63) is 35.4 Å². The standard InChI is InChI=1S/C20H33N5O/c1-4-22-20(24-14-17-10-12-25(5-2)15-17)23-11-9-16-7-6-8-18(13-16)19(26)21-3/h6-8,13,17H,4-5,9-12,14-15H2,1-3H3,(H,21,26)(H2,22,23,24). The lowest BCUT2D eigenvalue weighted by molar-refractivity contribution is 0.0963. The van der Waals surface area contributed by atoms with Gasteiger partial charge >= 0.3 is 0 Å². The van der Waals surface area contributed by atoms with Crippen LogP contribution >= 0.6 is 0 Å². The summed E-state index contributed by atoms with van der Waals surface area (Å²) >= 11 is 0. The molecule has 144 valence electrons. The zero-order valence-electron chi connectivity index (χ0n) is 16.3. The first-order valence-electron chi connectivity index (χ1n) is 9.71. The van der Waals surface area contributed by atoms with Gasteiger partial charge in [0, 0.05) is 38.8 Å². The van der Waals surface area contributed by atoms with Gasteiger partial charge in [-0.25, -0.2) is 0 Å². The highest BCUT2D eigenvalue weighted by atomic mass is 16.1.